The molecule has 29 heavy (non-hydrogen) atoms. The molecule has 0 saturated heterocycles. The lowest BCUT2D eigenvalue weighted by Gasteiger charge is -2.64. The molecule has 4 saturated carbocycles. The van der Waals surface area contributed by atoms with Gasteiger partial charge < -0.3 is 9.47 Å². The van der Waals surface area contributed by atoms with Gasteiger partial charge in [0.15, 0.2) is 8.24 Å². The Kier molecular flexibility index (Phi) is 3.82. The Morgan fingerprint density at radius 1 is 0.862 bits per heavy atom. The summed E-state index contributed by atoms with van der Waals surface area (Å²) in [6.45, 7) is 8.44. The van der Waals surface area contributed by atoms with Crippen LogP contribution in [0.1, 0.15) is 44.1 Å². The van der Waals surface area contributed by atoms with Gasteiger partial charge >= 0.3 is 0 Å². The van der Waals surface area contributed by atoms with Crippen molar-refractivity contribution >= 4 is 24.8 Å². The van der Waals surface area contributed by atoms with E-state index in [4.69, 9.17) is 0 Å². The summed E-state index contributed by atoms with van der Waals surface area (Å²) in [7, 11) is -1.78. The molecule has 2 aromatic carbocycles. The lowest BCUT2D eigenvalue weighted by atomic mass is 9.52. The summed E-state index contributed by atoms with van der Waals surface area (Å²) >= 11 is 0. The second kappa shape index (κ2) is 6.13. The zero-order valence-corrected chi connectivity index (χ0v) is 19.2. The molecule has 5 aliphatic rings. The summed E-state index contributed by atoms with van der Waals surface area (Å²) in [6.07, 6.45) is 8.81. The highest BCUT2D eigenvalue weighted by molar-refractivity contribution is 6.94. The van der Waals surface area contributed by atoms with Crippen LogP contribution < -0.4 is 14.7 Å². The van der Waals surface area contributed by atoms with Crippen molar-refractivity contribution in [1.82, 2.24) is 0 Å². The maximum atomic E-state index is 2.90. The number of benzene rings is 2. The molecule has 7 rings (SSSR count). The van der Waals surface area contributed by atoms with E-state index in [9.17, 15) is 0 Å². The average molecular weight is 403 g/mol. The predicted molar refractivity (Wildman–Crippen MR) is 125 cm³/mol. The summed E-state index contributed by atoms with van der Waals surface area (Å²) in [5.41, 5.74) is 4.79. The van der Waals surface area contributed by atoms with E-state index in [2.05, 4.69) is 78.0 Å². The second-order valence-corrected chi connectivity index (χ2v) is 15.3. The van der Waals surface area contributed by atoms with Gasteiger partial charge in [0.25, 0.3) is 0 Å². The number of anilines is 2. The van der Waals surface area contributed by atoms with Gasteiger partial charge in [-0.15, -0.1) is 0 Å². The van der Waals surface area contributed by atoms with Crippen LogP contribution >= 0.6 is 0 Å². The minimum atomic E-state index is -1.78. The topological polar surface area (TPSA) is 6.48 Å². The lowest BCUT2D eigenvalue weighted by Crippen LogP contribution is -2.72. The molecule has 152 valence electrons. The van der Waals surface area contributed by atoms with Gasteiger partial charge in [0.1, 0.15) is 0 Å². The van der Waals surface area contributed by atoms with E-state index in [1.165, 1.54) is 49.8 Å². The molecular weight excluding hydrogens is 368 g/mol. The lowest BCUT2D eigenvalue weighted by molar-refractivity contribution is -0.00413. The maximum Gasteiger partial charge on any atom is 0.186 e. The standard InChI is InChI=1S/C26H34N2Si/c1-19-9-10-24-25(11-19)29(2,3)28(23-7-5-4-6-8-23)18-27(24)26-15-20-12-21(16-26)14-22(13-20)17-26/h4-11,20-22H,12-18H2,1-3H3. The van der Waals surface area contributed by atoms with Crippen LogP contribution in [0.25, 0.3) is 0 Å². The molecule has 0 aromatic heterocycles. The van der Waals surface area contributed by atoms with Crippen molar-refractivity contribution in [2.75, 3.05) is 16.1 Å². The normalized spacial score (nSPS) is 34.4. The van der Waals surface area contributed by atoms with Gasteiger partial charge in [0.05, 0.1) is 6.67 Å². The van der Waals surface area contributed by atoms with Gasteiger partial charge in [0.2, 0.25) is 0 Å². The van der Waals surface area contributed by atoms with Crippen LogP contribution in [-0.2, 0) is 0 Å². The van der Waals surface area contributed by atoms with Crippen molar-refractivity contribution < 1.29 is 0 Å². The van der Waals surface area contributed by atoms with Crippen molar-refractivity contribution in [2.24, 2.45) is 17.8 Å². The largest absolute Gasteiger partial charge is 0.377 e. The van der Waals surface area contributed by atoms with Crippen LogP contribution in [0.15, 0.2) is 48.5 Å². The predicted octanol–water partition coefficient (Wildman–Crippen LogP) is 5.66. The van der Waals surface area contributed by atoms with Crippen molar-refractivity contribution in [3.05, 3.63) is 54.1 Å². The Balaban J connectivity index is 1.50. The molecule has 0 N–H and O–H groups in total. The fraction of sp³-hybridized carbons (Fsp3) is 0.538. The van der Waals surface area contributed by atoms with E-state index in [0.29, 0.717) is 5.54 Å². The highest BCUT2D eigenvalue weighted by Gasteiger charge is 2.56. The molecule has 1 aliphatic heterocycles. The van der Waals surface area contributed by atoms with Crippen LogP contribution in [0, 0.1) is 24.7 Å². The van der Waals surface area contributed by atoms with Crippen LogP contribution in [0.2, 0.25) is 13.1 Å². The van der Waals surface area contributed by atoms with Gasteiger partial charge in [-0.2, -0.15) is 0 Å². The SMILES string of the molecule is Cc1ccc2c(c1)[Si](C)(C)N(c1ccccc1)CN2C12CC3CC(CC(C3)C1)C2. The van der Waals surface area contributed by atoms with Crippen LogP contribution in [0.3, 0.4) is 0 Å². The van der Waals surface area contributed by atoms with Gasteiger partial charge in [-0.3, -0.25) is 0 Å². The summed E-state index contributed by atoms with van der Waals surface area (Å²) in [4.78, 5) is 2.90. The van der Waals surface area contributed by atoms with E-state index < -0.39 is 8.24 Å². The first kappa shape index (κ1) is 18.1. The molecule has 4 bridgehead atoms. The first-order chi connectivity index (χ1) is 13.9. The number of para-hydroxylation sites is 1. The minimum Gasteiger partial charge on any atom is -0.377 e. The van der Waals surface area contributed by atoms with Crippen molar-refractivity contribution in [1.29, 1.82) is 0 Å². The molecular formula is C26H34N2Si. The molecule has 0 amide bonds. The smallest absolute Gasteiger partial charge is 0.186 e. The summed E-state index contributed by atoms with van der Waals surface area (Å²) < 4.78 is 2.80. The van der Waals surface area contributed by atoms with E-state index in [-0.39, 0.29) is 0 Å². The molecule has 0 atom stereocenters. The van der Waals surface area contributed by atoms with Crippen LogP contribution in [-0.4, -0.2) is 20.4 Å². The van der Waals surface area contributed by atoms with E-state index in [1.54, 1.807) is 10.9 Å². The summed E-state index contributed by atoms with van der Waals surface area (Å²) in [6, 6.07) is 18.6. The fourth-order valence-corrected chi connectivity index (χ4v) is 10.7. The summed E-state index contributed by atoms with van der Waals surface area (Å²) in [5.74, 6) is 2.94. The van der Waals surface area contributed by atoms with E-state index >= 15 is 0 Å². The number of hydrogen-bond acceptors (Lipinski definition) is 2. The zero-order valence-electron chi connectivity index (χ0n) is 18.2. The third kappa shape index (κ3) is 2.66. The highest BCUT2D eigenvalue weighted by atomic mass is 28.3. The molecule has 0 unspecified atom stereocenters. The Bertz CT molecular complexity index is 900. The monoisotopic (exact) mass is 402 g/mol. The Morgan fingerprint density at radius 3 is 2.10 bits per heavy atom. The van der Waals surface area contributed by atoms with Gasteiger partial charge in [-0.25, -0.2) is 0 Å². The molecule has 0 radical (unpaired) electrons. The molecule has 1 heterocycles. The van der Waals surface area contributed by atoms with E-state index in [1.807, 2.05) is 0 Å². The third-order valence-electron chi connectivity index (χ3n) is 8.71. The molecule has 0 spiro atoms. The van der Waals surface area contributed by atoms with Crippen LogP contribution in [0.5, 0.6) is 0 Å². The number of hydrogen-bond donors (Lipinski definition) is 0. The van der Waals surface area contributed by atoms with Gasteiger partial charge in [-0.1, -0.05) is 35.9 Å². The molecule has 4 fully saturated rings. The molecule has 2 aromatic rings. The van der Waals surface area contributed by atoms with E-state index in [0.717, 1.165) is 24.4 Å². The van der Waals surface area contributed by atoms with Gasteiger partial charge in [-0.05, 0) is 99.7 Å². The average Bonchev–Trinajstić information content (AvgIpc) is 2.68. The number of fused-ring (bicyclic) bond motifs is 1. The zero-order chi connectivity index (χ0) is 19.8. The number of aryl methyl sites for hydroxylation is 1. The minimum absolute atomic E-state index is 0.399. The van der Waals surface area contributed by atoms with Gasteiger partial charge in [0, 0.05) is 16.9 Å². The maximum absolute atomic E-state index is 2.90. The molecule has 4 aliphatic carbocycles. The Labute approximate surface area is 177 Å². The quantitative estimate of drug-likeness (QED) is 0.598. The fourth-order valence-electron chi connectivity index (χ4n) is 7.73. The summed E-state index contributed by atoms with van der Waals surface area (Å²) in [5, 5.41) is 1.64. The highest BCUT2D eigenvalue weighted by Crippen LogP contribution is 2.58. The first-order valence-electron chi connectivity index (χ1n) is 11.7. The van der Waals surface area contributed by atoms with Crippen LogP contribution in [0.4, 0.5) is 11.4 Å². The molecule has 2 nitrogen and oxygen atoms in total. The first-order valence-corrected chi connectivity index (χ1v) is 14.6. The van der Waals surface area contributed by atoms with Crippen molar-refractivity contribution in [3.8, 4) is 0 Å². The Morgan fingerprint density at radius 2 is 1.48 bits per heavy atom. The second-order valence-electron chi connectivity index (χ2n) is 11.1. The molecule has 3 heteroatoms. The number of rotatable bonds is 2. The van der Waals surface area contributed by atoms with Crippen molar-refractivity contribution in [3.63, 3.8) is 0 Å². The Hall–Kier alpha value is -1.74. The third-order valence-corrected chi connectivity index (χ3v) is 12.2. The van der Waals surface area contributed by atoms with Crippen molar-refractivity contribution in [2.45, 2.75) is 64.1 Å². The number of nitrogens with zero attached hydrogens (tertiary/aromatic N) is 2.